The molecule has 0 unspecified atom stereocenters. The van der Waals surface area contributed by atoms with Crippen LogP contribution in [-0.2, 0) is 10.0 Å². The molecule has 0 saturated carbocycles. The zero-order chi connectivity index (χ0) is 14.3. The third-order valence-corrected chi connectivity index (χ3v) is 4.70. The van der Waals surface area contributed by atoms with Crippen molar-refractivity contribution in [1.82, 2.24) is 4.31 Å². The summed E-state index contributed by atoms with van der Waals surface area (Å²) in [4.78, 5) is 0. The van der Waals surface area contributed by atoms with Crippen LogP contribution in [0.3, 0.4) is 0 Å². The summed E-state index contributed by atoms with van der Waals surface area (Å²) in [5.74, 6) is 0.518. The largest absolute Gasteiger partial charge is 0.492 e. The van der Waals surface area contributed by atoms with E-state index in [1.165, 1.54) is 35.6 Å². The first-order valence-electron chi connectivity index (χ1n) is 5.84. The van der Waals surface area contributed by atoms with Crippen molar-refractivity contribution in [2.75, 3.05) is 31.8 Å². The number of nitrogens with zero attached hydrogens (tertiary/aromatic N) is 1. The molecular formula is C12H17ClFNO3S. The van der Waals surface area contributed by atoms with Gasteiger partial charge in [-0.1, -0.05) is 0 Å². The monoisotopic (exact) mass is 309 g/mol. The lowest BCUT2D eigenvalue weighted by atomic mass is 10.3. The molecular weight excluding hydrogens is 293 g/mol. The van der Waals surface area contributed by atoms with E-state index in [9.17, 15) is 12.8 Å². The first-order valence-corrected chi connectivity index (χ1v) is 7.98. The Kier molecular flexibility index (Phi) is 6.54. The van der Waals surface area contributed by atoms with E-state index in [1.54, 1.807) is 0 Å². The van der Waals surface area contributed by atoms with E-state index in [2.05, 4.69) is 0 Å². The predicted octanol–water partition coefficient (Wildman–Crippen LogP) is 2.09. The quantitative estimate of drug-likeness (QED) is 0.691. The number of rotatable bonds is 8. The highest BCUT2D eigenvalue weighted by Gasteiger charge is 2.16. The SMILES string of the molecule is CN(CCOc1ccc(F)cc1)S(=O)(=O)CCCCl. The van der Waals surface area contributed by atoms with E-state index in [4.69, 9.17) is 16.3 Å². The van der Waals surface area contributed by atoms with Crippen molar-refractivity contribution in [3.8, 4) is 5.75 Å². The van der Waals surface area contributed by atoms with E-state index < -0.39 is 10.0 Å². The van der Waals surface area contributed by atoms with E-state index in [0.717, 1.165) is 0 Å². The lowest BCUT2D eigenvalue weighted by molar-refractivity contribution is 0.286. The molecule has 108 valence electrons. The summed E-state index contributed by atoms with van der Waals surface area (Å²) in [7, 11) is -1.78. The highest BCUT2D eigenvalue weighted by molar-refractivity contribution is 7.89. The van der Waals surface area contributed by atoms with Gasteiger partial charge in [-0.3, -0.25) is 0 Å². The maximum atomic E-state index is 12.7. The fraction of sp³-hybridized carbons (Fsp3) is 0.500. The van der Waals surface area contributed by atoms with Crippen LogP contribution < -0.4 is 4.74 Å². The fourth-order valence-electron chi connectivity index (χ4n) is 1.35. The third-order valence-electron chi connectivity index (χ3n) is 2.50. The van der Waals surface area contributed by atoms with Crippen LogP contribution in [0.15, 0.2) is 24.3 Å². The zero-order valence-corrected chi connectivity index (χ0v) is 12.3. The van der Waals surface area contributed by atoms with Gasteiger partial charge < -0.3 is 4.74 Å². The Balaban J connectivity index is 2.38. The highest BCUT2D eigenvalue weighted by Crippen LogP contribution is 2.11. The minimum atomic E-state index is -3.27. The number of sulfonamides is 1. The number of likely N-dealkylation sites (N-methyl/N-ethyl adjacent to an activating group) is 1. The lowest BCUT2D eigenvalue weighted by Crippen LogP contribution is -2.32. The van der Waals surface area contributed by atoms with Crippen LogP contribution in [0, 0.1) is 5.82 Å². The molecule has 0 heterocycles. The van der Waals surface area contributed by atoms with Crippen molar-refractivity contribution in [2.45, 2.75) is 6.42 Å². The number of hydrogen-bond donors (Lipinski definition) is 0. The molecule has 0 radical (unpaired) electrons. The average Bonchev–Trinajstić information content (AvgIpc) is 2.38. The van der Waals surface area contributed by atoms with Crippen LogP contribution in [0.2, 0.25) is 0 Å². The Bertz CT molecular complexity index is 478. The minimum absolute atomic E-state index is 0.0313. The molecule has 4 nitrogen and oxygen atoms in total. The van der Waals surface area contributed by atoms with Crippen LogP contribution >= 0.6 is 11.6 Å². The fourth-order valence-corrected chi connectivity index (χ4v) is 2.82. The standard InChI is InChI=1S/C12H17ClFNO3S/c1-15(19(16,17)10-2-7-13)8-9-18-12-5-3-11(14)4-6-12/h3-6H,2,7-10H2,1H3. The van der Waals surface area contributed by atoms with Gasteiger partial charge in [-0.05, 0) is 30.7 Å². The Labute approximate surface area is 118 Å². The van der Waals surface area contributed by atoms with Gasteiger partial charge in [0.2, 0.25) is 10.0 Å². The summed E-state index contributed by atoms with van der Waals surface area (Å²) in [6.07, 6.45) is 0.424. The summed E-state index contributed by atoms with van der Waals surface area (Å²) >= 11 is 5.47. The Hall–Kier alpha value is -0.850. The molecule has 0 aliphatic rings. The molecule has 0 saturated heterocycles. The summed E-state index contributed by atoms with van der Waals surface area (Å²) in [5.41, 5.74) is 0. The Morgan fingerprint density at radius 1 is 1.32 bits per heavy atom. The van der Waals surface area contributed by atoms with Crippen LogP contribution in [0.5, 0.6) is 5.75 Å². The van der Waals surface area contributed by atoms with Gasteiger partial charge in [0.1, 0.15) is 18.2 Å². The van der Waals surface area contributed by atoms with Crippen molar-refractivity contribution in [1.29, 1.82) is 0 Å². The second-order valence-electron chi connectivity index (χ2n) is 3.98. The summed E-state index contributed by atoms with van der Waals surface area (Å²) in [6, 6.07) is 5.57. The van der Waals surface area contributed by atoms with Gasteiger partial charge in [-0.2, -0.15) is 0 Å². The summed E-state index contributed by atoms with van der Waals surface area (Å²) in [5, 5.41) is 0. The molecule has 0 aliphatic carbocycles. The molecule has 7 heteroatoms. The van der Waals surface area contributed by atoms with Gasteiger partial charge in [-0.25, -0.2) is 17.1 Å². The molecule has 0 spiro atoms. The van der Waals surface area contributed by atoms with Crippen molar-refractivity contribution in [2.24, 2.45) is 0 Å². The first-order chi connectivity index (χ1) is 8.95. The molecule has 0 bridgehead atoms. The van der Waals surface area contributed by atoms with Gasteiger partial charge in [0.05, 0.1) is 5.75 Å². The van der Waals surface area contributed by atoms with Gasteiger partial charge in [0, 0.05) is 19.5 Å². The van der Waals surface area contributed by atoms with E-state index in [0.29, 0.717) is 18.1 Å². The van der Waals surface area contributed by atoms with E-state index >= 15 is 0 Å². The molecule has 1 aromatic carbocycles. The number of alkyl halides is 1. The predicted molar refractivity (Wildman–Crippen MR) is 73.6 cm³/mol. The van der Waals surface area contributed by atoms with Gasteiger partial charge in [-0.15, -0.1) is 11.6 Å². The normalized spacial score (nSPS) is 11.8. The van der Waals surface area contributed by atoms with Gasteiger partial charge in [0.15, 0.2) is 0 Å². The van der Waals surface area contributed by atoms with Crippen molar-refractivity contribution in [3.63, 3.8) is 0 Å². The Morgan fingerprint density at radius 2 is 1.95 bits per heavy atom. The maximum Gasteiger partial charge on any atom is 0.214 e. The molecule has 0 amide bonds. The van der Waals surface area contributed by atoms with Crippen LogP contribution in [0.25, 0.3) is 0 Å². The van der Waals surface area contributed by atoms with Crippen molar-refractivity contribution >= 4 is 21.6 Å². The lowest BCUT2D eigenvalue weighted by Gasteiger charge is -2.17. The molecule has 0 fully saturated rings. The van der Waals surface area contributed by atoms with E-state index in [1.807, 2.05) is 0 Å². The summed E-state index contributed by atoms with van der Waals surface area (Å²) in [6.45, 7) is 0.449. The topological polar surface area (TPSA) is 46.6 Å². The Morgan fingerprint density at radius 3 is 2.53 bits per heavy atom. The highest BCUT2D eigenvalue weighted by atomic mass is 35.5. The minimum Gasteiger partial charge on any atom is -0.492 e. The van der Waals surface area contributed by atoms with Crippen molar-refractivity contribution < 1.29 is 17.5 Å². The second kappa shape index (κ2) is 7.67. The molecule has 0 N–H and O–H groups in total. The van der Waals surface area contributed by atoms with Crippen LogP contribution in [-0.4, -0.2) is 44.6 Å². The molecule has 1 aromatic rings. The smallest absolute Gasteiger partial charge is 0.214 e. The van der Waals surface area contributed by atoms with Gasteiger partial charge in [0.25, 0.3) is 0 Å². The first kappa shape index (κ1) is 16.2. The second-order valence-corrected chi connectivity index (χ2v) is 6.56. The zero-order valence-electron chi connectivity index (χ0n) is 10.7. The third kappa shape index (κ3) is 5.76. The molecule has 0 aliphatic heterocycles. The number of halogens is 2. The average molecular weight is 310 g/mol. The van der Waals surface area contributed by atoms with Crippen molar-refractivity contribution in [3.05, 3.63) is 30.1 Å². The maximum absolute atomic E-state index is 12.7. The number of benzene rings is 1. The van der Waals surface area contributed by atoms with Crippen LogP contribution in [0.4, 0.5) is 4.39 Å². The number of hydrogen-bond acceptors (Lipinski definition) is 3. The molecule has 1 rings (SSSR count). The van der Waals surface area contributed by atoms with Gasteiger partial charge >= 0.3 is 0 Å². The molecule has 0 atom stereocenters. The molecule has 19 heavy (non-hydrogen) atoms. The summed E-state index contributed by atoms with van der Waals surface area (Å²) < 4.78 is 42.7. The van der Waals surface area contributed by atoms with Crippen LogP contribution in [0.1, 0.15) is 6.42 Å². The number of ether oxygens (including phenoxy) is 1. The van der Waals surface area contributed by atoms with E-state index in [-0.39, 0.29) is 24.7 Å². The molecule has 0 aromatic heterocycles.